The van der Waals surface area contributed by atoms with Gasteiger partial charge < -0.3 is 5.73 Å². The summed E-state index contributed by atoms with van der Waals surface area (Å²) in [5, 5.41) is -0.321. The molecule has 2 unspecified atom stereocenters. The van der Waals surface area contributed by atoms with Gasteiger partial charge >= 0.3 is 0 Å². The first-order chi connectivity index (χ1) is 8.90. The van der Waals surface area contributed by atoms with Crippen molar-refractivity contribution < 1.29 is 8.42 Å². The summed E-state index contributed by atoms with van der Waals surface area (Å²) in [6.07, 6.45) is 2.78. The van der Waals surface area contributed by atoms with Crippen LogP contribution in [0.5, 0.6) is 0 Å². The lowest BCUT2D eigenvalue weighted by atomic mass is 10.0. The molecule has 1 aromatic rings. The molecule has 2 N–H and O–H groups in total. The Morgan fingerprint density at radius 1 is 1.16 bits per heavy atom. The molecule has 4 heteroatoms. The van der Waals surface area contributed by atoms with E-state index in [1.807, 2.05) is 31.2 Å². The van der Waals surface area contributed by atoms with E-state index in [1.54, 1.807) is 6.92 Å². The second-order valence-corrected chi connectivity index (χ2v) is 7.61. The average Bonchev–Trinajstić information content (AvgIpc) is 2.38. The van der Waals surface area contributed by atoms with Crippen LogP contribution in [0.3, 0.4) is 0 Å². The first kappa shape index (κ1) is 16.2. The number of aryl methyl sites for hydroxylation is 1. The minimum atomic E-state index is -3.10. The van der Waals surface area contributed by atoms with E-state index in [1.165, 1.54) is 5.56 Å². The summed E-state index contributed by atoms with van der Waals surface area (Å²) in [4.78, 5) is 0. The predicted octanol–water partition coefficient (Wildman–Crippen LogP) is 2.85. The number of rotatable bonds is 7. The van der Waals surface area contributed by atoms with Crippen LogP contribution < -0.4 is 5.73 Å². The van der Waals surface area contributed by atoms with Gasteiger partial charge in [0.2, 0.25) is 0 Å². The van der Waals surface area contributed by atoms with Gasteiger partial charge in [-0.1, -0.05) is 44.5 Å². The molecule has 0 amide bonds. The summed E-state index contributed by atoms with van der Waals surface area (Å²) >= 11 is 0. The fourth-order valence-corrected chi connectivity index (χ4v) is 3.51. The van der Waals surface area contributed by atoms with Crippen molar-refractivity contribution in [3.63, 3.8) is 0 Å². The predicted molar refractivity (Wildman–Crippen MR) is 80.9 cm³/mol. The van der Waals surface area contributed by atoms with E-state index in [4.69, 9.17) is 5.73 Å². The van der Waals surface area contributed by atoms with Crippen LogP contribution in [0, 0.1) is 0 Å². The normalized spacial score (nSPS) is 15.2. The lowest BCUT2D eigenvalue weighted by Gasteiger charge is -2.16. The molecule has 0 saturated heterocycles. The van der Waals surface area contributed by atoms with Crippen molar-refractivity contribution in [3.05, 3.63) is 35.4 Å². The van der Waals surface area contributed by atoms with Crippen LogP contribution in [0.1, 0.15) is 50.8 Å². The lowest BCUT2D eigenvalue weighted by molar-refractivity contribution is 0.574. The zero-order valence-electron chi connectivity index (χ0n) is 12.1. The molecule has 1 aromatic carbocycles. The Bertz CT molecular complexity index is 479. The van der Waals surface area contributed by atoms with Crippen molar-refractivity contribution in [2.75, 3.05) is 5.75 Å². The van der Waals surface area contributed by atoms with E-state index in [0.717, 1.165) is 18.4 Å². The standard InChI is InChI=1S/C15H25NO2S/c1-4-6-13-7-9-14(10-8-13)15(16)11-19(17,18)12(3)5-2/h7-10,12,15H,4-6,11,16H2,1-3H3. The van der Waals surface area contributed by atoms with Gasteiger partial charge in [-0.05, 0) is 30.9 Å². The van der Waals surface area contributed by atoms with Crippen LogP contribution >= 0.6 is 0 Å². The number of nitrogens with two attached hydrogens (primary N) is 1. The molecule has 19 heavy (non-hydrogen) atoms. The molecule has 0 spiro atoms. The van der Waals surface area contributed by atoms with Crippen molar-refractivity contribution in [2.45, 2.75) is 51.3 Å². The Labute approximate surface area is 117 Å². The molecule has 0 bridgehead atoms. The van der Waals surface area contributed by atoms with Crippen LogP contribution in [0.4, 0.5) is 0 Å². The third-order valence-corrected chi connectivity index (χ3v) is 5.93. The Hall–Kier alpha value is -0.870. The molecule has 2 atom stereocenters. The van der Waals surface area contributed by atoms with Crippen LogP contribution in [-0.4, -0.2) is 19.4 Å². The molecule has 0 aliphatic heterocycles. The third-order valence-electron chi connectivity index (χ3n) is 3.55. The van der Waals surface area contributed by atoms with Gasteiger partial charge in [0.1, 0.15) is 0 Å². The Morgan fingerprint density at radius 3 is 2.21 bits per heavy atom. The third kappa shape index (κ3) is 4.62. The lowest BCUT2D eigenvalue weighted by Crippen LogP contribution is -2.28. The fourth-order valence-electron chi connectivity index (χ4n) is 1.98. The van der Waals surface area contributed by atoms with Crippen molar-refractivity contribution in [2.24, 2.45) is 5.73 Å². The van der Waals surface area contributed by atoms with E-state index in [0.29, 0.717) is 6.42 Å². The number of hydrogen-bond donors (Lipinski definition) is 1. The maximum absolute atomic E-state index is 12.0. The van der Waals surface area contributed by atoms with Crippen LogP contribution in [0.25, 0.3) is 0 Å². The highest BCUT2D eigenvalue weighted by molar-refractivity contribution is 7.92. The van der Waals surface area contributed by atoms with Crippen molar-refractivity contribution in [3.8, 4) is 0 Å². The molecule has 0 saturated carbocycles. The molecule has 0 aromatic heterocycles. The highest BCUT2D eigenvalue weighted by Gasteiger charge is 2.23. The molecule has 1 rings (SSSR count). The summed E-state index contributed by atoms with van der Waals surface area (Å²) in [6.45, 7) is 5.76. The monoisotopic (exact) mass is 283 g/mol. The largest absolute Gasteiger partial charge is 0.323 e. The molecule has 0 fully saturated rings. The fraction of sp³-hybridized carbons (Fsp3) is 0.600. The quantitative estimate of drug-likeness (QED) is 0.837. The molecule has 0 heterocycles. The smallest absolute Gasteiger partial charge is 0.154 e. The van der Waals surface area contributed by atoms with E-state index in [9.17, 15) is 8.42 Å². The minimum Gasteiger partial charge on any atom is -0.323 e. The Kier molecular flexibility index (Phi) is 6.01. The topological polar surface area (TPSA) is 60.2 Å². The Morgan fingerprint density at radius 2 is 1.74 bits per heavy atom. The molecule has 0 aliphatic rings. The zero-order valence-corrected chi connectivity index (χ0v) is 12.9. The number of sulfone groups is 1. The molecule has 108 valence electrons. The molecule has 0 radical (unpaired) electrons. The highest BCUT2D eigenvalue weighted by atomic mass is 32.2. The maximum Gasteiger partial charge on any atom is 0.154 e. The summed E-state index contributed by atoms with van der Waals surface area (Å²) in [7, 11) is -3.10. The van der Waals surface area contributed by atoms with Gasteiger partial charge in [-0.25, -0.2) is 8.42 Å². The number of hydrogen-bond acceptors (Lipinski definition) is 3. The van der Waals surface area contributed by atoms with Crippen molar-refractivity contribution >= 4 is 9.84 Å². The van der Waals surface area contributed by atoms with Gasteiger partial charge in [-0.15, -0.1) is 0 Å². The summed E-state index contributed by atoms with van der Waals surface area (Å²) < 4.78 is 24.1. The van der Waals surface area contributed by atoms with Crippen molar-refractivity contribution in [1.82, 2.24) is 0 Å². The van der Waals surface area contributed by atoms with Crippen LogP contribution in [-0.2, 0) is 16.3 Å². The van der Waals surface area contributed by atoms with Gasteiger partial charge in [-0.3, -0.25) is 0 Å². The molecule has 3 nitrogen and oxygen atoms in total. The zero-order chi connectivity index (χ0) is 14.5. The van der Waals surface area contributed by atoms with Gasteiger partial charge in [0.05, 0.1) is 11.0 Å². The molecular formula is C15H25NO2S. The summed E-state index contributed by atoms with van der Waals surface area (Å²) in [5.74, 6) is 0.0229. The highest BCUT2D eigenvalue weighted by Crippen LogP contribution is 2.17. The van der Waals surface area contributed by atoms with Gasteiger partial charge in [0, 0.05) is 6.04 Å². The van der Waals surface area contributed by atoms with Crippen LogP contribution in [0.15, 0.2) is 24.3 Å². The summed E-state index contributed by atoms with van der Waals surface area (Å²) in [5.41, 5.74) is 8.18. The van der Waals surface area contributed by atoms with Gasteiger partial charge in [0.15, 0.2) is 9.84 Å². The Balaban J connectivity index is 2.75. The molecule has 0 aliphatic carbocycles. The maximum atomic E-state index is 12.0. The minimum absolute atomic E-state index is 0.0229. The first-order valence-corrected chi connectivity index (χ1v) is 8.68. The second-order valence-electron chi connectivity index (χ2n) is 5.15. The molecular weight excluding hydrogens is 258 g/mol. The van der Waals surface area contributed by atoms with Crippen molar-refractivity contribution in [1.29, 1.82) is 0 Å². The van der Waals surface area contributed by atoms with E-state index in [-0.39, 0.29) is 11.0 Å². The van der Waals surface area contributed by atoms with E-state index < -0.39 is 15.9 Å². The van der Waals surface area contributed by atoms with E-state index >= 15 is 0 Å². The van der Waals surface area contributed by atoms with E-state index in [2.05, 4.69) is 6.92 Å². The average molecular weight is 283 g/mol. The second kappa shape index (κ2) is 7.06. The van der Waals surface area contributed by atoms with Gasteiger partial charge in [-0.2, -0.15) is 0 Å². The van der Waals surface area contributed by atoms with Crippen LogP contribution in [0.2, 0.25) is 0 Å². The summed E-state index contributed by atoms with van der Waals surface area (Å²) in [6, 6.07) is 7.53. The van der Waals surface area contributed by atoms with Gasteiger partial charge in [0.25, 0.3) is 0 Å². The SMILES string of the molecule is CCCc1ccc(C(N)CS(=O)(=O)C(C)CC)cc1. The first-order valence-electron chi connectivity index (χ1n) is 6.96. The number of benzene rings is 1.